The summed E-state index contributed by atoms with van der Waals surface area (Å²) in [4.78, 5) is 25.4. The summed E-state index contributed by atoms with van der Waals surface area (Å²) >= 11 is 0. The molecule has 0 bridgehead atoms. The Hall–Kier alpha value is -3.48. The second kappa shape index (κ2) is 12.5. The number of methoxy groups -OCH3 is 1. The molecule has 2 amide bonds. The number of carbonyl (C=O) groups is 2. The van der Waals surface area contributed by atoms with Crippen molar-refractivity contribution >= 4 is 12.0 Å². The first-order valence-corrected chi connectivity index (χ1v) is 10.9. The second-order valence-electron chi connectivity index (χ2n) is 8.54. The molecule has 0 saturated carbocycles. The van der Waals surface area contributed by atoms with Crippen LogP contribution in [0.15, 0.2) is 61.2 Å². The van der Waals surface area contributed by atoms with Gasteiger partial charge < -0.3 is 24.8 Å². The van der Waals surface area contributed by atoms with Gasteiger partial charge in [-0.2, -0.15) is 0 Å². The van der Waals surface area contributed by atoms with E-state index >= 15 is 0 Å². The Balaban J connectivity index is 2.09. The third-order valence-electron chi connectivity index (χ3n) is 4.56. The maximum atomic E-state index is 13.0. The molecule has 1 atom stereocenters. The quantitative estimate of drug-likeness (QED) is 0.388. The molecule has 0 unspecified atom stereocenters. The molecule has 2 aromatic rings. The molecule has 7 nitrogen and oxygen atoms in total. The maximum absolute atomic E-state index is 13.0. The van der Waals surface area contributed by atoms with Crippen molar-refractivity contribution in [3.05, 3.63) is 72.3 Å². The lowest BCUT2D eigenvalue weighted by atomic mass is 10.0. The van der Waals surface area contributed by atoms with Gasteiger partial charge in [0.05, 0.1) is 13.7 Å². The summed E-state index contributed by atoms with van der Waals surface area (Å²) in [5.41, 5.74) is 1.09. The number of nitrogens with one attached hydrogen (secondary N) is 2. The molecule has 0 heterocycles. The van der Waals surface area contributed by atoms with Crippen molar-refractivity contribution in [2.45, 2.75) is 51.8 Å². The van der Waals surface area contributed by atoms with Gasteiger partial charge >= 0.3 is 6.09 Å². The van der Waals surface area contributed by atoms with Gasteiger partial charge in [0, 0.05) is 13.0 Å². The molecule has 0 spiro atoms. The van der Waals surface area contributed by atoms with Gasteiger partial charge in [0.2, 0.25) is 5.91 Å². The molecule has 0 saturated heterocycles. The van der Waals surface area contributed by atoms with Crippen LogP contribution in [-0.2, 0) is 22.5 Å². The van der Waals surface area contributed by atoms with Crippen molar-refractivity contribution in [1.82, 2.24) is 10.6 Å². The molecule has 0 aliphatic carbocycles. The monoisotopic (exact) mass is 454 g/mol. The lowest BCUT2D eigenvalue weighted by Crippen LogP contribution is -2.49. The van der Waals surface area contributed by atoms with Crippen LogP contribution in [-0.4, -0.2) is 37.4 Å². The first-order valence-electron chi connectivity index (χ1n) is 10.9. The Kier molecular flexibility index (Phi) is 9.79. The van der Waals surface area contributed by atoms with Gasteiger partial charge in [-0.05, 0) is 62.6 Å². The van der Waals surface area contributed by atoms with E-state index in [1.165, 1.54) is 0 Å². The van der Waals surface area contributed by atoms with E-state index in [1.807, 2.05) is 48.5 Å². The van der Waals surface area contributed by atoms with E-state index in [0.717, 1.165) is 23.3 Å². The normalized spacial score (nSPS) is 11.8. The number of ether oxygens (including phenoxy) is 3. The summed E-state index contributed by atoms with van der Waals surface area (Å²) in [5, 5.41) is 5.59. The van der Waals surface area contributed by atoms with Gasteiger partial charge in [0.15, 0.2) is 0 Å². The molecular weight excluding hydrogens is 420 g/mol. The lowest BCUT2D eigenvalue weighted by Gasteiger charge is -2.23. The van der Waals surface area contributed by atoms with Gasteiger partial charge in [-0.1, -0.05) is 30.3 Å². The van der Waals surface area contributed by atoms with Crippen LogP contribution in [0, 0.1) is 0 Å². The lowest BCUT2D eigenvalue weighted by molar-refractivity contribution is -0.123. The minimum absolute atomic E-state index is 0.284. The van der Waals surface area contributed by atoms with Crippen molar-refractivity contribution in [3.63, 3.8) is 0 Å². The molecule has 178 valence electrons. The number of benzene rings is 2. The summed E-state index contributed by atoms with van der Waals surface area (Å²) in [6.45, 7) is 9.85. The number of hydrogen-bond donors (Lipinski definition) is 2. The SMILES string of the molecule is C=CCCOc1cccc(C[C@H](NC(=O)OC(C)(C)C)C(=O)NCc2ccc(OC)cc2)c1. The fourth-order valence-corrected chi connectivity index (χ4v) is 2.97. The zero-order valence-corrected chi connectivity index (χ0v) is 19.9. The van der Waals surface area contributed by atoms with E-state index in [1.54, 1.807) is 34.0 Å². The minimum Gasteiger partial charge on any atom is -0.497 e. The molecule has 0 aliphatic rings. The zero-order valence-electron chi connectivity index (χ0n) is 19.9. The molecule has 0 aromatic heterocycles. The number of hydrogen-bond acceptors (Lipinski definition) is 5. The van der Waals surface area contributed by atoms with Crippen molar-refractivity contribution in [1.29, 1.82) is 0 Å². The summed E-state index contributed by atoms with van der Waals surface area (Å²) in [7, 11) is 1.60. The molecule has 7 heteroatoms. The maximum Gasteiger partial charge on any atom is 0.408 e. The first kappa shape index (κ1) is 25.8. The Labute approximate surface area is 196 Å². The van der Waals surface area contributed by atoms with Crippen LogP contribution in [0.25, 0.3) is 0 Å². The predicted molar refractivity (Wildman–Crippen MR) is 128 cm³/mol. The fourth-order valence-electron chi connectivity index (χ4n) is 2.97. The van der Waals surface area contributed by atoms with Crippen LogP contribution in [0.2, 0.25) is 0 Å². The van der Waals surface area contributed by atoms with Crippen molar-refractivity contribution in [2.75, 3.05) is 13.7 Å². The van der Waals surface area contributed by atoms with Gasteiger partial charge in [-0.15, -0.1) is 6.58 Å². The van der Waals surface area contributed by atoms with E-state index in [4.69, 9.17) is 14.2 Å². The van der Waals surface area contributed by atoms with E-state index in [2.05, 4.69) is 17.2 Å². The standard InChI is InChI=1S/C26H34N2O5/c1-6-7-15-32-22-10-8-9-20(16-22)17-23(28-25(30)33-26(2,3)4)24(29)27-18-19-11-13-21(31-5)14-12-19/h6,8-14,16,23H,1,7,15,17-18H2,2-5H3,(H,27,29)(H,28,30)/t23-/m0/s1. The second-order valence-corrected chi connectivity index (χ2v) is 8.54. The van der Waals surface area contributed by atoms with Crippen LogP contribution < -0.4 is 20.1 Å². The van der Waals surface area contributed by atoms with E-state index in [0.29, 0.717) is 18.9 Å². The third kappa shape index (κ3) is 9.68. The predicted octanol–water partition coefficient (Wildman–Crippen LogP) is 4.40. The fraction of sp³-hybridized carbons (Fsp3) is 0.385. The molecule has 0 radical (unpaired) electrons. The third-order valence-corrected chi connectivity index (χ3v) is 4.56. The van der Waals surface area contributed by atoms with Crippen LogP contribution in [0.1, 0.15) is 38.3 Å². The highest BCUT2D eigenvalue weighted by atomic mass is 16.6. The van der Waals surface area contributed by atoms with Gasteiger partial charge in [0.25, 0.3) is 0 Å². The van der Waals surface area contributed by atoms with Crippen LogP contribution in [0.3, 0.4) is 0 Å². The van der Waals surface area contributed by atoms with Gasteiger partial charge in [-0.3, -0.25) is 4.79 Å². The Morgan fingerprint density at radius 1 is 1.06 bits per heavy atom. The zero-order chi connectivity index (χ0) is 24.3. The Morgan fingerprint density at radius 3 is 2.42 bits per heavy atom. The van der Waals surface area contributed by atoms with Crippen molar-refractivity contribution < 1.29 is 23.8 Å². The van der Waals surface area contributed by atoms with Crippen molar-refractivity contribution in [3.8, 4) is 11.5 Å². The van der Waals surface area contributed by atoms with Crippen LogP contribution in [0.5, 0.6) is 11.5 Å². The molecular formula is C26H34N2O5. The molecule has 2 N–H and O–H groups in total. The largest absolute Gasteiger partial charge is 0.497 e. The van der Waals surface area contributed by atoms with Crippen LogP contribution >= 0.6 is 0 Å². The molecule has 2 aromatic carbocycles. The molecule has 0 fully saturated rings. The van der Waals surface area contributed by atoms with Gasteiger partial charge in [-0.25, -0.2) is 4.79 Å². The highest BCUT2D eigenvalue weighted by Gasteiger charge is 2.24. The highest BCUT2D eigenvalue weighted by molar-refractivity contribution is 5.86. The van der Waals surface area contributed by atoms with Crippen molar-refractivity contribution in [2.24, 2.45) is 0 Å². The van der Waals surface area contributed by atoms with E-state index < -0.39 is 17.7 Å². The minimum atomic E-state index is -0.818. The number of alkyl carbamates (subject to hydrolysis) is 1. The topological polar surface area (TPSA) is 85.9 Å². The van der Waals surface area contributed by atoms with Gasteiger partial charge in [0.1, 0.15) is 23.1 Å². The van der Waals surface area contributed by atoms with Crippen LogP contribution in [0.4, 0.5) is 4.79 Å². The molecule has 33 heavy (non-hydrogen) atoms. The Bertz CT molecular complexity index is 919. The average Bonchev–Trinajstić information content (AvgIpc) is 2.76. The molecule has 2 rings (SSSR count). The first-order chi connectivity index (χ1) is 15.7. The molecule has 0 aliphatic heterocycles. The van der Waals surface area contributed by atoms with E-state index in [9.17, 15) is 9.59 Å². The highest BCUT2D eigenvalue weighted by Crippen LogP contribution is 2.16. The number of carbonyl (C=O) groups excluding carboxylic acids is 2. The summed E-state index contributed by atoms with van der Waals surface area (Å²) in [5.74, 6) is 1.13. The Morgan fingerprint density at radius 2 is 1.79 bits per heavy atom. The summed E-state index contributed by atoms with van der Waals surface area (Å²) < 4.78 is 16.2. The number of rotatable bonds is 11. The number of amides is 2. The average molecular weight is 455 g/mol. The van der Waals surface area contributed by atoms with E-state index in [-0.39, 0.29) is 12.3 Å². The summed E-state index contributed by atoms with van der Waals surface area (Å²) in [6, 6.07) is 14.1. The smallest absolute Gasteiger partial charge is 0.408 e. The summed E-state index contributed by atoms with van der Waals surface area (Å²) in [6.07, 6.45) is 2.16.